The summed E-state index contributed by atoms with van der Waals surface area (Å²) < 4.78 is 0. The molecule has 0 fully saturated rings. The summed E-state index contributed by atoms with van der Waals surface area (Å²) in [6.07, 6.45) is 6.89. The predicted octanol–water partition coefficient (Wildman–Crippen LogP) is 3.23. The number of rotatable bonds is 0. The van der Waals surface area contributed by atoms with E-state index in [-0.39, 0.29) is 5.78 Å². The van der Waals surface area contributed by atoms with Crippen molar-refractivity contribution in [2.45, 2.75) is 12.8 Å². The minimum absolute atomic E-state index is 0.282. The average molecular weight is 208 g/mol. The van der Waals surface area contributed by atoms with Gasteiger partial charge in [0.2, 0.25) is 0 Å². The lowest BCUT2D eigenvalue weighted by Gasteiger charge is -2.32. The largest absolute Gasteiger partial charge is 0.289 e. The maximum atomic E-state index is 12.3. The number of carbonyl (C=O) groups is 1. The van der Waals surface area contributed by atoms with Crippen molar-refractivity contribution >= 4 is 11.4 Å². The molecule has 0 saturated heterocycles. The fourth-order valence-corrected chi connectivity index (χ4v) is 3.40. The number of hydrogen-bond donors (Lipinski definition) is 0. The molecule has 2 bridgehead atoms. The van der Waals surface area contributed by atoms with E-state index in [1.165, 1.54) is 17.6 Å². The lowest BCUT2D eigenvalue weighted by molar-refractivity contribution is 0.102. The molecule has 5 rings (SSSR count). The third-order valence-electron chi connectivity index (χ3n) is 4.10. The Balaban J connectivity index is 2.02. The van der Waals surface area contributed by atoms with Crippen molar-refractivity contribution < 1.29 is 4.79 Å². The molecule has 0 N–H and O–H groups in total. The first-order valence-electron chi connectivity index (χ1n) is 5.93. The van der Waals surface area contributed by atoms with Crippen LogP contribution in [0.3, 0.4) is 0 Å². The Hall–Kier alpha value is -1.63. The molecule has 0 amide bonds. The van der Waals surface area contributed by atoms with Crippen LogP contribution in [0.4, 0.5) is 0 Å². The summed E-state index contributed by atoms with van der Waals surface area (Å²) in [7, 11) is 0. The predicted molar refractivity (Wildman–Crippen MR) is 63.0 cm³/mol. The number of benzene rings is 1. The summed E-state index contributed by atoms with van der Waals surface area (Å²) in [5.41, 5.74) is 4.55. The second-order valence-corrected chi connectivity index (χ2v) is 4.88. The number of carbonyl (C=O) groups excluding carboxylic acids is 1. The average Bonchev–Trinajstić information content (AvgIpc) is 2.68. The smallest absolute Gasteiger partial charge is 0.190 e. The molecule has 0 saturated carbocycles. The van der Waals surface area contributed by atoms with Gasteiger partial charge in [0, 0.05) is 23.0 Å². The minimum atomic E-state index is 0.282. The molecule has 0 unspecified atom stereocenters. The molecule has 0 aromatic heterocycles. The second kappa shape index (κ2) is 2.73. The molecule has 0 spiro atoms. The van der Waals surface area contributed by atoms with Gasteiger partial charge in [0.15, 0.2) is 5.78 Å². The molecule has 4 aliphatic carbocycles. The third-order valence-corrected chi connectivity index (χ3v) is 4.10. The Morgan fingerprint density at radius 1 is 0.875 bits per heavy atom. The van der Waals surface area contributed by atoms with Gasteiger partial charge in [-0.1, -0.05) is 36.4 Å². The Morgan fingerprint density at radius 3 is 2.19 bits per heavy atom. The molecule has 1 aromatic carbocycles. The van der Waals surface area contributed by atoms with Gasteiger partial charge in [0.25, 0.3) is 0 Å². The Labute approximate surface area is 94.5 Å². The molecule has 0 radical (unpaired) electrons. The van der Waals surface area contributed by atoms with Crippen LogP contribution in [0.5, 0.6) is 0 Å². The highest BCUT2D eigenvalue weighted by atomic mass is 16.1. The van der Waals surface area contributed by atoms with Crippen LogP contribution in [0.25, 0.3) is 5.57 Å². The topological polar surface area (TPSA) is 17.1 Å². The van der Waals surface area contributed by atoms with Crippen LogP contribution in [-0.2, 0) is 0 Å². The van der Waals surface area contributed by atoms with Gasteiger partial charge in [0.1, 0.15) is 0 Å². The van der Waals surface area contributed by atoms with Gasteiger partial charge in [-0.3, -0.25) is 4.79 Å². The van der Waals surface area contributed by atoms with Crippen molar-refractivity contribution in [2.24, 2.45) is 11.8 Å². The van der Waals surface area contributed by atoms with Crippen molar-refractivity contribution in [3.05, 3.63) is 53.1 Å². The van der Waals surface area contributed by atoms with Crippen molar-refractivity contribution in [3.63, 3.8) is 0 Å². The van der Waals surface area contributed by atoms with E-state index in [0.717, 1.165) is 17.6 Å². The molecule has 78 valence electrons. The number of allylic oxidation sites excluding steroid dienone is 4. The minimum Gasteiger partial charge on any atom is -0.289 e. The molecular weight excluding hydrogens is 196 g/mol. The van der Waals surface area contributed by atoms with Crippen LogP contribution in [0.1, 0.15) is 28.8 Å². The van der Waals surface area contributed by atoms with E-state index in [9.17, 15) is 4.79 Å². The normalized spacial score (nSPS) is 29.6. The maximum Gasteiger partial charge on any atom is 0.190 e. The molecule has 16 heavy (non-hydrogen) atoms. The Bertz CT molecular complexity index is 563. The van der Waals surface area contributed by atoms with Crippen molar-refractivity contribution in [2.75, 3.05) is 0 Å². The lowest BCUT2D eigenvalue weighted by Crippen LogP contribution is -2.21. The molecular formula is C15H12O. The van der Waals surface area contributed by atoms with Crippen molar-refractivity contribution in [1.82, 2.24) is 0 Å². The molecule has 4 aliphatic rings. The molecule has 2 atom stereocenters. The van der Waals surface area contributed by atoms with Gasteiger partial charge in [-0.25, -0.2) is 0 Å². The van der Waals surface area contributed by atoms with Gasteiger partial charge in [-0.15, -0.1) is 0 Å². The SMILES string of the molecule is O=C1C2=C(c3ccccc31)[C@H]1C=C[C@H]2CC1. The van der Waals surface area contributed by atoms with Crippen molar-refractivity contribution in [3.8, 4) is 0 Å². The van der Waals surface area contributed by atoms with Crippen LogP contribution in [0, 0.1) is 11.8 Å². The Morgan fingerprint density at radius 2 is 1.50 bits per heavy atom. The van der Waals surface area contributed by atoms with Crippen LogP contribution in [-0.4, -0.2) is 5.78 Å². The zero-order valence-electron chi connectivity index (χ0n) is 8.94. The summed E-state index contributed by atoms with van der Waals surface area (Å²) in [5.74, 6) is 1.16. The first-order chi connectivity index (χ1) is 7.86. The number of ketones is 1. The zero-order valence-corrected chi connectivity index (χ0v) is 8.94. The van der Waals surface area contributed by atoms with Gasteiger partial charge in [-0.05, 0) is 24.0 Å². The molecule has 0 aliphatic heterocycles. The summed E-state index contributed by atoms with van der Waals surface area (Å²) in [6, 6.07) is 8.07. The van der Waals surface area contributed by atoms with E-state index in [0.29, 0.717) is 11.8 Å². The standard InChI is InChI=1S/C15H12O/c16-15-12-4-2-1-3-11(12)13-9-5-7-10(8-6-9)14(13)15/h1-5,7,9-10H,6,8H2/t9-,10-/m0/s1. The third kappa shape index (κ3) is 0.850. The van der Waals surface area contributed by atoms with Crippen LogP contribution in [0.2, 0.25) is 0 Å². The second-order valence-electron chi connectivity index (χ2n) is 4.88. The molecule has 1 nitrogen and oxygen atoms in total. The molecule has 0 heterocycles. The first-order valence-corrected chi connectivity index (χ1v) is 5.93. The van der Waals surface area contributed by atoms with Crippen molar-refractivity contribution in [1.29, 1.82) is 0 Å². The fraction of sp³-hybridized carbons (Fsp3) is 0.267. The molecule has 1 heteroatoms. The monoisotopic (exact) mass is 208 g/mol. The first kappa shape index (κ1) is 8.51. The number of Topliss-reactive ketones (excluding diaryl/α,β-unsaturated/α-hetero) is 1. The number of hydrogen-bond acceptors (Lipinski definition) is 1. The van der Waals surface area contributed by atoms with E-state index >= 15 is 0 Å². The Kier molecular flexibility index (Phi) is 1.45. The van der Waals surface area contributed by atoms with Crippen LogP contribution in [0.15, 0.2) is 42.0 Å². The van der Waals surface area contributed by atoms with E-state index in [4.69, 9.17) is 0 Å². The maximum absolute atomic E-state index is 12.3. The van der Waals surface area contributed by atoms with E-state index in [1.54, 1.807) is 0 Å². The van der Waals surface area contributed by atoms with Crippen LogP contribution >= 0.6 is 0 Å². The quantitative estimate of drug-likeness (QED) is 0.598. The van der Waals surface area contributed by atoms with E-state index < -0.39 is 0 Å². The highest BCUT2D eigenvalue weighted by molar-refractivity contribution is 6.22. The summed E-state index contributed by atoms with van der Waals surface area (Å²) in [6.45, 7) is 0. The lowest BCUT2D eigenvalue weighted by atomic mass is 9.71. The number of fused-ring (bicyclic) bond motifs is 2. The van der Waals surface area contributed by atoms with E-state index in [2.05, 4.69) is 18.2 Å². The summed E-state index contributed by atoms with van der Waals surface area (Å²) in [5, 5.41) is 0. The van der Waals surface area contributed by atoms with Gasteiger partial charge in [-0.2, -0.15) is 0 Å². The van der Waals surface area contributed by atoms with Gasteiger partial charge < -0.3 is 0 Å². The fourth-order valence-electron chi connectivity index (χ4n) is 3.40. The van der Waals surface area contributed by atoms with Gasteiger partial charge in [0.05, 0.1) is 0 Å². The zero-order chi connectivity index (χ0) is 10.7. The highest BCUT2D eigenvalue weighted by Gasteiger charge is 2.41. The highest BCUT2D eigenvalue weighted by Crippen LogP contribution is 2.50. The van der Waals surface area contributed by atoms with E-state index in [1.807, 2.05) is 18.2 Å². The van der Waals surface area contributed by atoms with Gasteiger partial charge >= 0.3 is 0 Å². The van der Waals surface area contributed by atoms with Crippen LogP contribution < -0.4 is 0 Å². The molecule has 1 aromatic rings. The summed E-state index contributed by atoms with van der Waals surface area (Å²) >= 11 is 0. The summed E-state index contributed by atoms with van der Waals surface area (Å²) in [4.78, 5) is 12.3.